The van der Waals surface area contributed by atoms with Gasteiger partial charge in [-0.15, -0.1) is 0 Å². The van der Waals surface area contributed by atoms with Crippen molar-refractivity contribution in [3.05, 3.63) is 0 Å². The third-order valence-corrected chi connectivity index (χ3v) is 3.71. The van der Waals surface area contributed by atoms with Gasteiger partial charge < -0.3 is 20.1 Å². The number of nitrogens with one attached hydrogen (secondary N) is 1. The van der Waals surface area contributed by atoms with E-state index in [2.05, 4.69) is 5.32 Å². The highest BCUT2D eigenvalue weighted by Crippen LogP contribution is 2.24. The second-order valence-corrected chi connectivity index (χ2v) is 5.25. The van der Waals surface area contributed by atoms with Crippen molar-refractivity contribution < 1.29 is 19.4 Å². The van der Waals surface area contributed by atoms with Crippen molar-refractivity contribution >= 4 is 12.0 Å². The van der Waals surface area contributed by atoms with Crippen LogP contribution in [0.2, 0.25) is 0 Å². The highest BCUT2D eigenvalue weighted by Gasteiger charge is 2.36. The van der Waals surface area contributed by atoms with Crippen molar-refractivity contribution in [2.75, 3.05) is 19.7 Å². The van der Waals surface area contributed by atoms with Crippen LogP contribution in [0.4, 0.5) is 4.79 Å². The molecule has 6 nitrogen and oxygen atoms in total. The molecule has 0 saturated carbocycles. The van der Waals surface area contributed by atoms with Crippen LogP contribution in [-0.4, -0.2) is 53.3 Å². The maximum Gasteiger partial charge on any atom is 0.326 e. The van der Waals surface area contributed by atoms with E-state index in [0.29, 0.717) is 19.5 Å². The molecule has 0 radical (unpaired) electrons. The summed E-state index contributed by atoms with van der Waals surface area (Å²) in [7, 11) is 0. The third kappa shape index (κ3) is 2.75. The molecule has 6 heteroatoms. The van der Waals surface area contributed by atoms with E-state index in [1.807, 2.05) is 6.92 Å². The van der Waals surface area contributed by atoms with Gasteiger partial charge in [0.05, 0.1) is 5.60 Å². The normalized spacial score (nSPS) is 31.6. The second-order valence-electron chi connectivity index (χ2n) is 5.25. The molecular formula is C12H20N2O4. The van der Waals surface area contributed by atoms with E-state index < -0.39 is 12.0 Å². The van der Waals surface area contributed by atoms with Crippen LogP contribution in [0.15, 0.2) is 0 Å². The number of hydrogen-bond donors (Lipinski definition) is 2. The van der Waals surface area contributed by atoms with E-state index >= 15 is 0 Å². The quantitative estimate of drug-likeness (QED) is 0.783. The van der Waals surface area contributed by atoms with E-state index in [4.69, 9.17) is 9.84 Å². The molecule has 2 heterocycles. The van der Waals surface area contributed by atoms with Crippen LogP contribution in [0, 0.1) is 0 Å². The van der Waals surface area contributed by atoms with Crippen LogP contribution in [0.3, 0.4) is 0 Å². The molecule has 0 aromatic rings. The lowest BCUT2D eigenvalue weighted by molar-refractivity contribution is -0.141. The highest BCUT2D eigenvalue weighted by atomic mass is 16.5. The van der Waals surface area contributed by atoms with Gasteiger partial charge in [0.25, 0.3) is 0 Å². The predicted octanol–water partition coefficient (Wildman–Crippen LogP) is 0.814. The predicted molar refractivity (Wildman–Crippen MR) is 64.4 cm³/mol. The molecule has 2 amide bonds. The lowest BCUT2D eigenvalue weighted by Gasteiger charge is -2.27. The van der Waals surface area contributed by atoms with E-state index in [1.165, 1.54) is 4.90 Å². The van der Waals surface area contributed by atoms with Gasteiger partial charge in [-0.2, -0.15) is 0 Å². The minimum atomic E-state index is -0.925. The molecule has 2 atom stereocenters. The average Bonchev–Trinajstić information content (AvgIpc) is 2.95. The molecular weight excluding hydrogens is 236 g/mol. The summed E-state index contributed by atoms with van der Waals surface area (Å²) in [6.07, 6.45) is 3.22. The monoisotopic (exact) mass is 256 g/mol. The van der Waals surface area contributed by atoms with E-state index in [1.54, 1.807) is 0 Å². The lowest BCUT2D eigenvalue weighted by Crippen LogP contribution is -2.49. The number of aliphatic carboxylic acids is 1. The number of likely N-dealkylation sites (tertiary alicyclic amines) is 1. The first kappa shape index (κ1) is 13.1. The summed E-state index contributed by atoms with van der Waals surface area (Å²) >= 11 is 0. The number of nitrogens with zero attached hydrogens (tertiary/aromatic N) is 1. The molecule has 0 aliphatic carbocycles. The molecule has 2 unspecified atom stereocenters. The smallest absolute Gasteiger partial charge is 0.326 e. The summed E-state index contributed by atoms with van der Waals surface area (Å²) in [5.74, 6) is -0.925. The molecule has 2 N–H and O–H groups in total. The minimum absolute atomic E-state index is 0.295. The molecule has 0 bridgehead atoms. The van der Waals surface area contributed by atoms with Crippen molar-refractivity contribution in [3.8, 4) is 0 Å². The number of urea groups is 1. The van der Waals surface area contributed by atoms with Gasteiger partial charge in [0.2, 0.25) is 0 Å². The fourth-order valence-corrected chi connectivity index (χ4v) is 2.61. The first-order valence-electron chi connectivity index (χ1n) is 6.43. The summed E-state index contributed by atoms with van der Waals surface area (Å²) in [4.78, 5) is 24.4. The molecule has 0 spiro atoms. The number of carboxylic acids is 1. The van der Waals surface area contributed by atoms with Gasteiger partial charge in [0.1, 0.15) is 6.04 Å². The van der Waals surface area contributed by atoms with Crippen molar-refractivity contribution in [2.24, 2.45) is 0 Å². The van der Waals surface area contributed by atoms with Crippen LogP contribution < -0.4 is 5.32 Å². The van der Waals surface area contributed by atoms with E-state index in [9.17, 15) is 9.59 Å². The first-order chi connectivity index (χ1) is 8.52. The molecule has 2 rings (SSSR count). The number of rotatable bonds is 3. The number of carboxylic acid groups (broad SMARTS) is 1. The molecule has 2 fully saturated rings. The van der Waals surface area contributed by atoms with Gasteiger partial charge in [0.15, 0.2) is 0 Å². The van der Waals surface area contributed by atoms with Gasteiger partial charge in [-0.25, -0.2) is 9.59 Å². The molecule has 2 aliphatic rings. The maximum absolute atomic E-state index is 12.0. The largest absolute Gasteiger partial charge is 0.480 e. The number of carbonyl (C=O) groups excluding carboxylic acids is 1. The summed E-state index contributed by atoms with van der Waals surface area (Å²) in [5.41, 5.74) is -0.298. The Morgan fingerprint density at radius 3 is 2.89 bits per heavy atom. The van der Waals surface area contributed by atoms with Crippen molar-refractivity contribution in [2.45, 2.75) is 44.2 Å². The Morgan fingerprint density at radius 1 is 1.50 bits per heavy atom. The zero-order valence-electron chi connectivity index (χ0n) is 10.6. The number of ether oxygens (including phenoxy) is 1. The standard InChI is InChI=1S/C12H20N2O4/c1-12(5-3-7-18-12)8-13-11(17)14-6-2-4-9(14)10(15)16/h9H,2-8H2,1H3,(H,13,17)(H,15,16). The van der Waals surface area contributed by atoms with Crippen LogP contribution in [0.5, 0.6) is 0 Å². The van der Waals surface area contributed by atoms with Gasteiger partial charge in [-0.1, -0.05) is 0 Å². The molecule has 102 valence electrons. The van der Waals surface area contributed by atoms with Crippen molar-refractivity contribution in [3.63, 3.8) is 0 Å². The van der Waals surface area contributed by atoms with Gasteiger partial charge in [0, 0.05) is 19.7 Å². The minimum Gasteiger partial charge on any atom is -0.480 e. The number of amides is 2. The Morgan fingerprint density at radius 2 is 2.28 bits per heavy atom. The first-order valence-corrected chi connectivity index (χ1v) is 6.43. The molecule has 0 aromatic carbocycles. The Kier molecular flexibility index (Phi) is 3.75. The number of hydrogen-bond acceptors (Lipinski definition) is 3. The van der Waals surface area contributed by atoms with Crippen molar-refractivity contribution in [1.82, 2.24) is 10.2 Å². The third-order valence-electron chi connectivity index (χ3n) is 3.71. The van der Waals surface area contributed by atoms with Gasteiger partial charge in [-0.05, 0) is 32.6 Å². The van der Waals surface area contributed by atoms with Gasteiger partial charge >= 0.3 is 12.0 Å². The lowest BCUT2D eigenvalue weighted by atomic mass is 10.0. The second kappa shape index (κ2) is 5.14. The summed E-state index contributed by atoms with van der Waals surface area (Å²) in [6.45, 7) is 3.65. The molecule has 2 aliphatic heterocycles. The fourth-order valence-electron chi connectivity index (χ4n) is 2.61. The van der Waals surface area contributed by atoms with Crippen LogP contribution in [0.1, 0.15) is 32.6 Å². The Bertz CT molecular complexity index is 339. The van der Waals surface area contributed by atoms with Crippen LogP contribution >= 0.6 is 0 Å². The highest BCUT2D eigenvalue weighted by molar-refractivity contribution is 5.83. The van der Waals surface area contributed by atoms with Crippen LogP contribution in [-0.2, 0) is 9.53 Å². The average molecular weight is 256 g/mol. The number of carbonyl (C=O) groups is 2. The summed E-state index contributed by atoms with van der Waals surface area (Å²) in [6, 6.07) is -0.973. The Labute approximate surface area is 106 Å². The zero-order valence-corrected chi connectivity index (χ0v) is 10.6. The molecule has 0 aromatic heterocycles. The molecule has 2 saturated heterocycles. The van der Waals surface area contributed by atoms with Crippen LogP contribution in [0.25, 0.3) is 0 Å². The fraction of sp³-hybridized carbons (Fsp3) is 0.833. The zero-order chi connectivity index (χ0) is 13.2. The summed E-state index contributed by atoms with van der Waals surface area (Å²) in [5, 5.41) is 11.8. The maximum atomic E-state index is 12.0. The summed E-state index contributed by atoms with van der Waals surface area (Å²) < 4.78 is 5.58. The molecule has 18 heavy (non-hydrogen) atoms. The van der Waals surface area contributed by atoms with Gasteiger partial charge in [-0.3, -0.25) is 0 Å². The Balaban J connectivity index is 1.86. The SMILES string of the molecule is CC1(CNC(=O)N2CCCC2C(=O)O)CCCO1. The van der Waals surface area contributed by atoms with E-state index in [0.717, 1.165) is 25.9 Å². The van der Waals surface area contributed by atoms with Crippen molar-refractivity contribution in [1.29, 1.82) is 0 Å². The topological polar surface area (TPSA) is 78.9 Å². The Hall–Kier alpha value is -1.30. The van der Waals surface area contributed by atoms with E-state index in [-0.39, 0.29) is 11.6 Å².